The SMILES string of the molecule is Cc1cc(-c2nc3cnc(Oc4ccccc4F)nc3o2)cc(C)c1OCC(=O)N1CCC(OC(=O)O)C1. The van der Waals surface area contributed by atoms with Crippen molar-refractivity contribution in [1.82, 2.24) is 19.9 Å². The highest BCUT2D eigenvalue weighted by atomic mass is 19.1. The lowest BCUT2D eigenvalue weighted by Gasteiger charge is -2.18. The first-order valence-electron chi connectivity index (χ1n) is 11.7. The van der Waals surface area contributed by atoms with Gasteiger partial charge in [0.1, 0.15) is 17.4 Å². The van der Waals surface area contributed by atoms with Gasteiger partial charge in [-0.1, -0.05) is 12.1 Å². The number of carbonyl (C=O) groups is 2. The summed E-state index contributed by atoms with van der Waals surface area (Å²) in [6.45, 7) is 4.10. The summed E-state index contributed by atoms with van der Waals surface area (Å²) in [4.78, 5) is 37.5. The Morgan fingerprint density at radius 1 is 1.18 bits per heavy atom. The van der Waals surface area contributed by atoms with E-state index in [0.717, 1.165) is 11.1 Å². The molecule has 0 bridgehead atoms. The van der Waals surface area contributed by atoms with Crippen molar-refractivity contribution in [3.63, 3.8) is 0 Å². The number of fused-ring (bicyclic) bond motifs is 1. The number of oxazole rings is 1. The molecule has 0 spiro atoms. The van der Waals surface area contributed by atoms with Gasteiger partial charge < -0.3 is 28.6 Å². The summed E-state index contributed by atoms with van der Waals surface area (Å²) in [5, 5.41) is 8.75. The molecule has 4 aromatic rings. The van der Waals surface area contributed by atoms with Crippen molar-refractivity contribution >= 4 is 23.3 Å². The van der Waals surface area contributed by atoms with Crippen molar-refractivity contribution in [1.29, 1.82) is 0 Å². The zero-order valence-corrected chi connectivity index (χ0v) is 20.5. The van der Waals surface area contributed by atoms with Gasteiger partial charge in [0.15, 0.2) is 18.2 Å². The van der Waals surface area contributed by atoms with E-state index in [1.807, 2.05) is 26.0 Å². The predicted octanol–water partition coefficient (Wildman–Crippen LogP) is 4.51. The molecule has 1 unspecified atom stereocenters. The molecule has 1 aliphatic heterocycles. The molecule has 1 aliphatic rings. The van der Waals surface area contributed by atoms with Crippen LogP contribution in [0.3, 0.4) is 0 Å². The number of para-hydroxylation sites is 1. The van der Waals surface area contributed by atoms with Gasteiger partial charge in [-0.05, 0) is 49.2 Å². The van der Waals surface area contributed by atoms with Crippen LogP contribution < -0.4 is 9.47 Å². The number of carboxylic acid groups (broad SMARTS) is 1. The molecule has 1 amide bonds. The number of hydrogen-bond donors (Lipinski definition) is 1. The topological polar surface area (TPSA) is 137 Å². The second kappa shape index (κ2) is 10.3. The molecule has 0 aliphatic carbocycles. The van der Waals surface area contributed by atoms with Crippen molar-refractivity contribution < 1.29 is 37.7 Å². The van der Waals surface area contributed by atoms with Gasteiger partial charge in [0.25, 0.3) is 11.6 Å². The Hall–Kier alpha value is -4.74. The molecule has 3 heterocycles. The maximum atomic E-state index is 13.9. The van der Waals surface area contributed by atoms with E-state index in [9.17, 15) is 14.0 Å². The van der Waals surface area contributed by atoms with E-state index in [1.54, 1.807) is 12.1 Å². The standard InChI is InChI=1S/C26H23FN4O7/c1-14-9-16(10-15(2)22(14)35-13-21(32)31-8-7-17(12-31)36-26(33)34)23-29-19-11-28-25(30-24(19)38-23)37-20-6-4-3-5-18(20)27/h3-6,9-11,17H,7-8,12-13H2,1-2H3,(H,33,34). The Morgan fingerprint density at radius 2 is 1.95 bits per heavy atom. The van der Waals surface area contributed by atoms with E-state index in [0.29, 0.717) is 35.7 Å². The number of rotatable bonds is 7. The first kappa shape index (κ1) is 24.9. The van der Waals surface area contributed by atoms with E-state index < -0.39 is 18.1 Å². The number of halogens is 1. The van der Waals surface area contributed by atoms with Crippen molar-refractivity contribution in [3.05, 3.63) is 59.5 Å². The van der Waals surface area contributed by atoms with Gasteiger partial charge in [0.2, 0.25) is 5.89 Å². The fourth-order valence-corrected chi connectivity index (χ4v) is 4.24. The number of carbonyl (C=O) groups excluding carboxylic acids is 1. The average molecular weight is 522 g/mol. The Morgan fingerprint density at radius 3 is 2.68 bits per heavy atom. The smallest absolute Gasteiger partial charge is 0.483 e. The van der Waals surface area contributed by atoms with Crippen LogP contribution in [0.25, 0.3) is 22.7 Å². The first-order valence-corrected chi connectivity index (χ1v) is 11.7. The van der Waals surface area contributed by atoms with Crippen LogP contribution in [0.5, 0.6) is 17.5 Å². The molecule has 1 N–H and O–H groups in total. The molecule has 2 aromatic carbocycles. The predicted molar refractivity (Wildman–Crippen MR) is 131 cm³/mol. The molecule has 2 aromatic heterocycles. The molecule has 196 valence electrons. The number of amides is 1. The van der Waals surface area contributed by atoms with Crippen LogP contribution >= 0.6 is 0 Å². The molecule has 1 fully saturated rings. The van der Waals surface area contributed by atoms with Gasteiger partial charge in [-0.3, -0.25) is 4.79 Å². The van der Waals surface area contributed by atoms with E-state index in [4.69, 9.17) is 23.7 Å². The number of nitrogens with zero attached hydrogens (tertiary/aromatic N) is 4. The maximum absolute atomic E-state index is 13.9. The minimum atomic E-state index is -1.35. The molecule has 38 heavy (non-hydrogen) atoms. The Kier molecular flexibility index (Phi) is 6.77. The minimum absolute atomic E-state index is 0.00921. The van der Waals surface area contributed by atoms with Crippen LogP contribution in [0.15, 0.2) is 47.0 Å². The van der Waals surface area contributed by atoms with Crippen LogP contribution in [0.1, 0.15) is 17.5 Å². The number of ether oxygens (including phenoxy) is 3. The van der Waals surface area contributed by atoms with Crippen LogP contribution in [0, 0.1) is 19.7 Å². The van der Waals surface area contributed by atoms with Crippen LogP contribution in [0.2, 0.25) is 0 Å². The minimum Gasteiger partial charge on any atom is -0.483 e. The zero-order chi connectivity index (χ0) is 26.8. The maximum Gasteiger partial charge on any atom is 0.506 e. The van der Waals surface area contributed by atoms with Crippen LogP contribution in [-0.2, 0) is 9.53 Å². The lowest BCUT2D eigenvalue weighted by molar-refractivity contribution is -0.132. The number of aromatic nitrogens is 3. The summed E-state index contributed by atoms with van der Waals surface area (Å²) < 4.78 is 35.7. The number of benzene rings is 2. The van der Waals surface area contributed by atoms with Crippen molar-refractivity contribution in [2.45, 2.75) is 26.4 Å². The van der Waals surface area contributed by atoms with E-state index in [2.05, 4.69) is 15.0 Å². The van der Waals surface area contributed by atoms with E-state index in [-0.39, 0.29) is 36.5 Å². The largest absolute Gasteiger partial charge is 0.506 e. The molecule has 0 radical (unpaired) electrons. The monoisotopic (exact) mass is 522 g/mol. The van der Waals surface area contributed by atoms with E-state index >= 15 is 0 Å². The summed E-state index contributed by atoms with van der Waals surface area (Å²) in [7, 11) is 0. The van der Waals surface area contributed by atoms with Gasteiger partial charge in [0, 0.05) is 18.5 Å². The van der Waals surface area contributed by atoms with Gasteiger partial charge >= 0.3 is 12.2 Å². The summed E-state index contributed by atoms with van der Waals surface area (Å²) in [5.74, 6) is 0.0467. The number of aryl methyl sites for hydroxylation is 2. The molecular formula is C26H23FN4O7. The first-order chi connectivity index (χ1) is 18.3. The lowest BCUT2D eigenvalue weighted by Crippen LogP contribution is -2.34. The Bertz CT molecular complexity index is 1500. The number of hydrogen-bond acceptors (Lipinski definition) is 9. The highest BCUT2D eigenvalue weighted by Gasteiger charge is 2.29. The van der Waals surface area contributed by atoms with Gasteiger partial charge in [-0.15, -0.1) is 0 Å². The normalized spacial score (nSPS) is 15.0. The van der Waals surface area contributed by atoms with Gasteiger partial charge in [-0.2, -0.15) is 4.98 Å². The Balaban J connectivity index is 1.28. The summed E-state index contributed by atoms with van der Waals surface area (Å²) in [6, 6.07) is 9.47. The quantitative estimate of drug-likeness (QED) is 0.345. The third kappa shape index (κ3) is 5.33. The highest BCUT2D eigenvalue weighted by molar-refractivity contribution is 5.78. The van der Waals surface area contributed by atoms with Crippen molar-refractivity contribution in [2.75, 3.05) is 19.7 Å². The van der Waals surface area contributed by atoms with Gasteiger partial charge in [0.05, 0.1) is 12.7 Å². The molecule has 0 saturated carbocycles. The van der Waals surface area contributed by atoms with Crippen LogP contribution in [-0.4, -0.2) is 62.8 Å². The zero-order valence-electron chi connectivity index (χ0n) is 20.5. The average Bonchev–Trinajstić information content (AvgIpc) is 3.51. The summed E-state index contributed by atoms with van der Waals surface area (Å²) in [6.07, 6.45) is 0.00592. The van der Waals surface area contributed by atoms with Gasteiger partial charge in [-0.25, -0.2) is 19.2 Å². The molecule has 1 atom stereocenters. The Labute approximate surface area is 215 Å². The third-order valence-corrected chi connectivity index (χ3v) is 5.98. The second-order valence-corrected chi connectivity index (χ2v) is 8.76. The molecule has 1 saturated heterocycles. The van der Waals surface area contributed by atoms with Crippen molar-refractivity contribution in [2.24, 2.45) is 0 Å². The second-order valence-electron chi connectivity index (χ2n) is 8.76. The molecular weight excluding hydrogens is 499 g/mol. The van der Waals surface area contributed by atoms with Crippen LogP contribution in [0.4, 0.5) is 9.18 Å². The summed E-state index contributed by atoms with van der Waals surface area (Å²) in [5.41, 5.74) is 2.77. The summed E-state index contributed by atoms with van der Waals surface area (Å²) >= 11 is 0. The third-order valence-electron chi connectivity index (χ3n) is 5.98. The van der Waals surface area contributed by atoms with Crippen molar-refractivity contribution in [3.8, 4) is 29.0 Å². The molecule has 5 rings (SSSR count). The fourth-order valence-electron chi connectivity index (χ4n) is 4.24. The fraction of sp³-hybridized carbons (Fsp3) is 0.269. The molecule has 11 nitrogen and oxygen atoms in total. The number of likely N-dealkylation sites (tertiary alicyclic amines) is 1. The highest BCUT2D eigenvalue weighted by Crippen LogP contribution is 2.32. The van der Waals surface area contributed by atoms with E-state index in [1.165, 1.54) is 23.2 Å². The molecule has 12 heteroatoms. The lowest BCUT2D eigenvalue weighted by atomic mass is 10.1.